The molecule has 0 spiro atoms. The molecule has 1 fully saturated rings. The Hall–Kier alpha value is -1.14. The second kappa shape index (κ2) is 6.56. The molecule has 0 radical (unpaired) electrons. The van der Waals surface area contributed by atoms with Gasteiger partial charge in [0.25, 0.3) is 0 Å². The van der Waals surface area contributed by atoms with Crippen molar-refractivity contribution in [2.45, 2.75) is 32.4 Å². The maximum absolute atomic E-state index is 11.9. The van der Waals surface area contributed by atoms with E-state index < -0.39 is 6.04 Å². The largest absolute Gasteiger partial charge is 0.377 e. The molecule has 2 amide bonds. The van der Waals surface area contributed by atoms with Crippen LogP contribution in [0.1, 0.15) is 20.3 Å². The number of likely N-dealkylation sites (N-methyl/N-ethyl adjacent to an activating group) is 1. The smallest absolute Gasteiger partial charge is 0.245 e. The first-order valence-corrected chi connectivity index (χ1v) is 5.96. The topological polar surface area (TPSA) is 84.7 Å². The van der Waals surface area contributed by atoms with Gasteiger partial charge in [0.1, 0.15) is 6.04 Å². The molecule has 2 atom stereocenters. The summed E-state index contributed by atoms with van der Waals surface area (Å²) in [7, 11) is 0. The van der Waals surface area contributed by atoms with Gasteiger partial charge in [0.15, 0.2) is 0 Å². The van der Waals surface area contributed by atoms with E-state index in [9.17, 15) is 9.59 Å². The minimum Gasteiger partial charge on any atom is -0.377 e. The standard InChI is InChI=1S/C11H21N3O3/c1-3-13-11(16)9-7-17-5-4-14(9)10(15)6-8(2)12/h8-9H,3-7,12H2,1-2H3,(H,13,16). The fraction of sp³-hybridized carbons (Fsp3) is 0.818. The van der Waals surface area contributed by atoms with Crippen LogP contribution in [0.15, 0.2) is 0 Å². The van der Waals surface area contributed by atoms with E-state index in [1.165, 1.54) is 0 Å². The predicted molar refractivity (Wildman–Crippen MR) is 63.3 cm³/mol. The molecule has 3 N–H and O–H groups in total. The summed E-state index contributed by atoms with van der Waals surface area (Å²) < 4.78 is 5.25. The molecular formula is C11H21N3O3. The third-order valence-corrected chi connectivity index (χ3v) is 2.60. The van der Waals surface area contributed by atoms with Gasteiger partial charge in [-0.3, -0.25) is 9.59 Å². The summed E-state index contributed by atoms with van der Waals surface area (Å²) in [4.78, 5) is 25.3. The van der Waals surface area contributed by atoms with Crippen LogP contribution in [-0.2, 0) is 14.3 Å². The van der Waals surface area contributed by atoms with Crippen molar-refractivity contribution in [1.82, 2.24) is 10.2 Å². The molecule has 0 saturated carbocycles. The highest BCUT2D eigenvalue weighted by Crippen LogP contribution is 2.10. The van der Waals surface area contributed by atoms with Gasteiger partial charge in [-0.2, -0.15) is 0 Å². The van der Waals surface area contributed by atoms with Gasteiger partial charge in [0.2, 0.25) is 11.8 Å². The molecule has 1 aliphatic heterocycles. The number of rotatable bonds is 4. The van der Waals surface area contributed by atoms with Gasteiger partial charge in [-0.05, 0) is 13.8 Å². The van der Waals surface area contributed by atoms with Crippen LogP contribution in [0.3, 0.4) is 0 Å². The monoisotopic (exact) mass is 243 g/mol. The minimum atomic E-state index is -0.519. The van der Waals surface area contributed by atoms with Crippen LogP contribution >= 0.6 is 0 Å². The Morgan fingerprint density at radius 3 is 2.88 bits per heavy atom. The van der Waals surface area contributed by atoms with E-state index in [1.54, 1.807) is 11.8 Å². The summed E-state index contributed by atoms with van der Waals surface area (Å²) in [5.41, 5.74) is 5.60. The van der Waals surface area contributed by atoms with Crippen molar-refractivity contribution in [2.75, 3.05) is 26.3 Å². The van der Waals surface area contributed by atoms with Gasteiger partial charge in [-0.25, -0.2) is 0 Å². The van der Waals surface area contributed by atoms with Crippen LogP contribution in [-0.4, -0.2) is 55.1 Å². The first-order chi connectivity index (χ1) is 8.06. The molecule has 6 nitrogen and oxygen atoms in total. The highest BCUT2D eigenvalue weighted by molar-refractivity contribution is 5.88. The van der Waals surface area contributed by atoms with Crippen molar-refractivity contribution in [1.29, 1.82) is 0 Å². The number of hydrogen-bond acceptors (Lipinski definition) is 4. The lowest BCUT2D eigenvalue weighted by Crippen LogP contribution is -2.56. The Morgan fingerprint density at radius 1 is 1.59 bits per heavy atom. The first kappa shape index (κ1) is 13.9. The van der Waals surface area contributed by atoms with E-state index in [1.807, 2.05) is 6.92 Å². The van der Waals surface area contributed by atoms with Gasteiger partial charge in [-0.15, -0.1) is 0 Å². The second-order valence-corrected chi connectivity index (χ2v) is 4.25. The summed E-state index contributed by atoms with van der Waals surface area (Å²) in [6.45, 7) is 5.35. The summed E-state index contributed by atoms with van der Waals surface area (Å²) >= 11 is 0. The normalized spacial score (nSPS) is 22.1. The predicted octanol–water partition coefficient (Wildman–Crippen LogP) is -0.913. The molecule has 1 heterocycles. The zero-order chi connectivity index (χ0) is 12.8. The van der Waals surface area contributed by atoms with E-state index in [2.05, 4.69) is 5.32 Å². The third-order valence-electron chi connectivity index (χ3n) is 2.60. The summed E-state index contributed by atoms with van der Waals surface area (Å²) in [6.07, 6.45) is 0.260. The van der Waals surface area contributed by atoms with Crippen molar-refractivity contribution in [3.8, 4) is 0 Å². The maximum atomic E-state index is 11.9. The Morgan fingerprint density at radius 2 is 2.29 bits per heavy atom. The molecule has 0 bridgehead atoms. The first-order valence-electron chi connectivity index (χ1n) is 5.96. The lowest BCUT2D eigenvalue weighted by Gasteiger charge is -2.34. The number of ether oxygens (including phenoxy) is 1. The molecule has 0 aromatic heterocycles. The lowest BCUT2D eigenvalue weighted by molar-refractivity contribution is -0.148. The van der Waals surface area contributed by atoms with Crippen molar-refractivity contribution in [2.24, 2.45) is 5.73 Å². The molecule has 1 saturated heterocycles. The number of hydrogen-bond donors (Lipinski definition) is 2. The number of morpholine rings is 1. The van der Waals surface area contributed by atoms with Gasteiger partial charge in [0, 0.05) is 25.6 Å². The van der Waals surface area contributed by atoms with Crippen molar-refractivity contribution in [3.05, 3.63) is 0 Å². The second-order valence-electron chi connectivity index (χ2n) is 4.25. The van der Waals surface area contributed by atoms with Crippen LogP contribution in [0, 0.1) is 0 Å². The molecule has 1 aliphatic rings. The molecule has 98 valence electrons. The van der Waals surface area contributed by atoms with Gasteiger partial charge >= 0.3 is 0 Å². The van der Waals surface area contributed by atoms with Crippen LogP contribution < -0.4 is 11.1 Å². The van der Waals surface area contributed by atoms with Crippen LogP contribution in [0.25, 0.3) is 0 Å². The molecule has 2 unspecified atom stereocenters. The number of amides is 2. The highest BCUT2D eigenvalue weighted by Gasteiger charge is 2.32. The average Bonchev–Trinajstić information content (AvgIpc) is 2.28. The quantitative estimate of drug-likeness (QED) is 0.669. The Balaban J connectivity index is 2.65. The average molecular weight is 243 g/mol. The summed E-state index contributed by atoms with van der Waals surface area (Å²) in [5, 5.41) is 2.71. The van der Waals surface area contributed by atoms with E-state index in [4.69, 9.17) is 10.5 Å². The van der Waals surface area contributed by atoms with Gasteiger partial charge in [-0.1, -0.05) is 0 Å². The summed E-state index contributed by atoms with van der Waals surface area (Å²) in [6, 6.07) is -0.713. The molecule has 1 rings (SSSR count). The molecule has 0 aliphatic carbocycles. The Kier molecular flexibility index (Phi) is 5.37. The minimum absolute atomic E-state index is 0.0837. The number of nitrogens with one attached hydrogen (secondary N) is 1. The number of carbonyl (C=O) groups is 2. The van der Waals surface area contributed by atoms with Crippen molar-refractivity contribution >= 4 is 11.8 Å². The molecule has 17 heavy (non-hydrogen) atoms. The number of nitrogens with two attached hydrogens (primary N) is 1. The number of nitrogens with zero attached hydrogens (tertiary/aromatic N) is 1. The highest BCUT2D eigenvalue weighted by atomic mass is 16.5. The van der Waals surface area contributed by atoms with Gasteiger partial charge in [0.05, 0.1) is 13.2 Å². The van der Waals surface area contributed by atoms with Crippen LogP contribution in [0.2, 0.25) is 0 Å². The molecule has 0 aromatic rings. The van der Waals surface area contributed by atoms with E-state index in [0.717, 1.165) is 0 Å². The van der Waals surface area contributed by atoms with Crippen molar-refractivity contribution < 1.29 is 14.3 Å². The maximum Gasteiger partial charge on any atom is 0.245 e. The molecular weight excluding hydrogens is 222 g/mol. The Labute approximate surface area is 101 Å². The van der Waals surface area contributed by atoms with E-state index in [0.29, 0.717) is 19.7 Å². The summed E-state index contributed by atoms with van der Waals surface area (Å²) in [5.74, 6) is -0.246. The zero-order valence-electron chi connectivity index (χ0n) is 10.4. The number of carbonyl (C=O) groups excluding carboxylic acids is 2. The van der Waals surface area contributed by atoms with Gasteiger partial charge < -0.3 is 20.7 Å². The zero-order valence-corrected chi connectivity index (χ0v) is 10.4. The van der Waals surface area contributed by atoms with E-state index >= 15 is 0 Å². The van der Waals surface area contributed by atoms with Crippen LogP contribution in [0.5, 0.6) is 0 Å². The molecule has 6 heteroatoms. The molecule has 0 aromatic carbocycles. The fourth-order valence-corrected chi connectivity index (χ4v) is 1.80. The SMILES string of the molecule is CCNC(=O)C1COCCN1C(=O)CC(C)N. The Bertz CT molecular complexity index is 281. The third kappa shape index (κ3) is 3.98. The fourth-order valence-electron chi connectivity index (χ4n) is 1.80. The lowest BCUT2D eigenvalue weighted by atomic mass is 10.1. The van der Waals surface area contributed by atoms with E-state index in [-0.39, 0.29) is 30.9 Å². The van der Waals surface area contributed by atoms with Crippen LogP contribution in [0.4, 0.5) is 0 Å². The van der Waals surface area contributed by atoms with Crippen molar-refractivity contribution in [3.63, 3.8) is 0 Å².